The molecule has 176 valence electrons. The van der Waals surface area contributed by atoms with E-state index in [-0.39, 0.29) is 16.8 Å². The standard InChI is InChI=1S/C22H14F3IN2O5S/c23-22(24,25)33-13-6-3-11(4-7-13)17-19(29)27-15-8-5-12(26)10-14(15)20(30)28(17)18(21(31)32)16-2-1-9-34-16/h1-10,17-18H,(H,27,29)(H,31,32). The molecule has 0 saturated heterocycles. The van der Waals surface area contributed by atoms with Crippen molar-refractivity contribution in [1.29, 1.82) is 0 Å². The number of hydrogen-bond acceptors (Lipinski definition) is 5. The normalized spacial score (nSPS) is 16.9. The van der Waals surface area contributed by atoms with Gasteiger partial charge in [0.2, 0.25) is 0 Å². The molecule has 2 heterocycles. The summed E-state index contributed by atoms with van der Waals surface area (Å²) in [5, 5.41) is 14.4. The second-order valence-corrected chi connectivity index (χ2v) is 9.39. The predicted octanol–water partition coefficient (Wildman–Crippen LogP) is 5.21. The van der Waals surface area contributed by atoms with Gasteiger partial charge in [0.15, 0.2) is 6.04 Å². The Morgan fingerprint density at radius 2 is 1.85 bits per heavy atom. The van der Waals surface area contributed by atoms with Gasteiger partial charge < -0.3 is 20.1 Å². The van der Waals surface area contributed by atoms with Crippen LogP contribution in [0.4, 0.5) is 18.9 Å². The first-order chi connectivity index (χ1) is 16.0. The molecule has 4 rings (SSSR count). The van der Waals surface area contributed by atoms with Gasteiger partial charge in [0.05, 0.1) is 11.3 Å². The minimum absolute atomic E-state index is 0.0996. The lowest BCUT2D eigenvalue weighted by molar-refractivity contribution is -0.274. The van der Waals surface area contributed by atoms with E-state index in [1.54, 1.807) is 17.5 Å². The second-order valence-electron chi connectivity index (χ2n) is 7.17. The fourth-order valence-electron chi connectivity index (χ4n) is 3.64. The lowest BCUT2D eigenvalue weighted by atomic mass is 10.0. The van der Waals surface area contributed by atoms with Crippen LogP contribution in [0.25, 0.3) is 0 Å². The van der Waals surface area contributed by atoms with Crippen molar-refractivity contribution in [3.8, 4) is 5.75 Å². The summed E-state index contributed by atoms with van der Waals surface area (Å²) in [7, 11) is 0. The Labute approximate surface area is 208 Å². The smallest absolute Gasteiger partial charge is 0.479 e. The number of anilines is 1. The summed E-state index contributed by atoms with van der Waals surface area (Å²) in [4.78, 5) is 40.7. The summed E-state index contributed by atoms with van der Waals surface area (Å²) < 4.78 is 42.2. The van der Waals surface area contributed by atoms with E-state index in [0.29, 0.717) is 8.45 Å². The summed E-state index contributed by atoms with van der Waals surface area (Å²) in [5.41, 5.74) is 0.420. The van der Waals surface area contributed by atoms with Crippen molar-refractivity contribution < 1.29 is 37.4 Å². The number of amides is 2. The van der Waals surface area contributed by atoms with E-state index in [9.17, 15) is 32.7 Å². The van der Waals surface area contributed by atoms with Crippen LogP contribution >= 0.6 is 33.9 Å². The van der Waals surface area contributed by atoms with Crippen LogP contribution in [-0.4, -0.2) is 34.2 Å². The van der Waals surface area contributed by atoms with Crippen molar-refractivity contribution in [1.82, 2.24) is 4.90 Å². The van der Waals surface area contributed by atoms with Crippen LogP contribution in [0.3, 0.4) is 0 Å². The third-order valence-corrected chi connectivity index (χ3v) is 6.58. The Kier molecular flexibility index (Phi) is 6.53. The van der Waals surface area contributed by atoms with Crippen molar-refractivity contribution in [2.75, 3.05) is 5.32 Å². The van der Waals surface area contributed by atoms with E-state index in [1.807, 2.05) is 22.6 Å². The van der Waals surface area contributed by atoms with Crippen molar-refractivity contribution in [2.24, 2.45) is 0 Å². The Morgan fingerprint density at radius 1 is 1.15 bits per heavy atom. The Morgan fingerprint density at radius 3 is 2.44 bits per heavy atom. The number of thiophene rings is 1. The van der Waals surface area contributed by atoms with Gasteiger partial charge in [-0.05, 0) is 69.9 Å². The third kappa shape index (κ3) is 4.87. The van der Waals surface area contributed by atoms with Crippen molar-refractivity contribution >= 4 is 57.4 Å². The van der Waals surface area contributed by atoms with Crippen molar-refractivity contribution in [3.05, 3.63) is 79.6 Å². The lowest BCUT2D eigenvalue weighted by Gasteiger charge is -2.33. The summed E-state index contributed by atoms with van der Waals surface area (Å²) >= 11 is 3.09. The number of carbonyl (C=O) groups is 3. The molecule has 34 heavy (non-hydrogen) atoms. The minimum Gasteiger partial charge on any atom is -0.479 e. The molecule has 1 aromatic heterocycles. The molecule has 0 spiro atoms. The molecule has 2 unspecified atom stereocenters. The maximum absolute atomic E-state index is 13.7. The minimum atomic E-state index is -4.91. The van der Waals surface area contributed by atoms with Crippen LogP contribution in [0.1, 0.15) is 32.9 Å². The maximum Gasteiger partial charge on any atom is 0.573 e. The molecule has 0 radical (unpaired) electrons. The second kappa shape index (κ2) is 9.25. The molecule has 2 amide bonds. The van der Waals surface area contributed by atoms with Crippen LogP contribution in [0.2, 0.25) is 0 Å². The summed E-state index contributed by atoms with van der Waals surface area (Å²) in [5.74, 6) is -3.30. The molecule has 0 saturated carbocycles. The zero-order valence-electron chi connectivity index (χ0n) is 16.9. The highest BCUT2D eigenvalue weighted by Gasteiger charge is 2.44. The number of hydrogen-bond donors (Lipinski definition) is 2. The van der Waals surface area contributed by atoms with Crippen molar-refractivity contribution in [3.63, 3.8) is 0 Å². The number of halogens is 4. The summed E-state index contributed by atoms with van der Waals surface area (Å²) in [6.07, 6.45) is -4.91. The highest BCUT2D eigenvalue weighted by molar-refractivity contribution is 14.1. The van der Waals surface area contributed by atoms with Crippen LogP contribution in [0.5, 0.6) is 5.75 Å². The largest absolute Gasteiger partial charge is 0.573 e. The fourth-order valence-corrected chi connectivity index (χ4v) is 4.95. The summed E-state index contributed by atoms with van der Waals surface area (Å²) in [6, 6.07) is 9.32. The van der Waals surface area contributed by atoms with Gasteiger partial charge in [-0.1, -0.05) is 18.2 Å². The Hall–Kier alpha value is -3.13. The van der Waals surface area contributed by atoms with E-state index >= 15 is 0 Å². The molecule has 1 aliphatic rings. The van der Waals surface area contributed by atoms with Crippen LogP contribution in [0, 0.1) is 3.57 Å². The molecular weight excluding hydrogens is 588 g/mol. The van der Waals surface area contributed by atoms with E-state index in [4.69, 9.17) is 0 Å². The van der Waals surface area contributed by atoms with E-state index in [1.165, 1.54) is 30.3 Å². The van der Waals surface area contributed by atoms with Crippen LogP contribution in [0.15, 0.2) is 60.0 Å². The van der Waals surface area contributed by atoms with Crippen LogP contribution in [-0.2, 0) is 9.59 Å². The first-order valence-corrected chi connectivity index (χ1v) is 11.6. The molecule has 0 aliphatic carbocycles. The molecule has 0 bridgehead atoms. The van der Waals surface area contributed by atoms with Gasteiger partial charge in [0.1, 0.15) is 11.8 Å². The topological polar surface area (TPSA) is 95.9 Å². The number of aliphatic carboxylic acids is 1. The quantitative estimate of drug-likeness (QED) is 0.391. The molecule has 2 atom stereocenters. The first kappa shape index (κ1) is 24.0. The number of nitrogens with one attached hydrogen (secondary N) is 1. The van der Waals surface area contributed by atoms with E-state index in [2.05, 4.69) is 10.1 Å². The van der Waals surface area contributed by atoms with Gasteiger partial charge in [0, 0.05) is 8.45 Å². The molecule has 12 heteroatoms. The number of carbonyl (C=O) groups excluding carboxylic acids is 2. The fraction of sp³-hybridized carbons (Fsp3) is 0.136. The molecular formula is C22H14F3IN2O5S. The van der Waals surface area contributed by atoms with Gasteiger partial charge in [0.25, 0.3) is 11.8 Å². The number of benzene rings is 2. The van der Waals surface area contributed by atoms with Crippen molar-refractivity contribution in [2.45, 2.75) is 18.4 Å². The molecule has 2 N–H and O–H groups in total. The average molecular weight is 602 g/mol. The highest BCUT2D eigenvalue weighted by atomic mass is 127. The Bertz CT molecular complexity index is 1250. The molecule has 2 aromatic carbocycles. The maximum atomic E-state index is 13.7. The third-order valence-electron chi connectivity index (χ3n) is 4.99. The van der Waals surface area contributed by atoms with Gasteiger partial charge >= 0.3 is 12.3 Å². The number of carboxylic acids is 1. The highest BCUT2D eigenvalue weighted by Crippen LogP contribution is 2.39. The van der Waals surface area contributed by atoms with Gasteiger partial charge in [-0.2, -0.15) is 0 Å². The number of nitrogens with zero attached hydrogens (tertiary/aromatic N) is 1. The number of ether oxygens (including phenoxy) is 1. The number of carboxylic acid groups (broad SMARTS) is 1. The van der Waals surface area contributed by atoms with E-state index in [0.717, 1.165) is 28.4 Å². The molecule has 0 fully saturated rings. The summed E-state index contributed by atoms with van der Waals surface area (Å²) in [6.45, 7) is 0. The van der Waals surface area contributed by atoms with Crippen LogP contribution < -0.4 is 10.1 Å². The lowest BCUT2D eigenvalue weighted by Crippen LogP contribution is -2.44. The molecule has 1 aliphatic heterocycles. The van der Waals surface area contributed by atoms with Gasteiger partial charge in [-0.25, -0.2) is 4.79 Å². The van der Waals surface area contributed by atoms with Gasteiger partial charge in [-0.15, -0.1) is 24.5 Å². The SMILES string of the molecule is O=C1Nc2ccc(I)cc2C(=O)N(C(C(=O)O)c2cccs2)C1c1ccc(OC(F)(F)F)cc1. The Balaban J connectivity index is 1.86. The first-order valence-electron chi connectivity index (χ1n) is 9.60. The average Bonchev–Trinajstić information content (AvgIpc) is 3.25. The number of alkyl halides is 3. The molecule has 7 nitrogen and oxygen atoms in total. The zero-order valence-corrected chi connectivity index (χ0v) is 19.8. The van der Waals surface area contributed by atoms with Gasteiger partial charge in [-0.3, -0.25) is 9.59 Å². The monoisotopic (exact) mass is 602 g/mol. The molecule has 3 aromatic rings. The number of rotatable bonds is 5. The number of fused-ring (bicyclic) bond motifs is 1. The zero-order chi connectivity index (χ0) is 24.6. The van der Waals surface area contributed by atoms with E-state index < -0.39 is 42.0 Å². The predicted molar refractivity (Wildman–Crippen MR) is 125 cm³/mol.